The second kappa shape index (κ2) is 7.47. The molecular weight excluding hydrogens is 176 g/mol. The molecule has 1 N–H and O–H groups in total. The van der Waals surface area contributed by atoms with Gasteiger partial charge < -0.3 is 10.1 Å². The quantitative estimate of drug-likeness (QED) is 0.669. The van der Waals surface area contributed by atoms with Crippen LogP contribution in [-0.2, 0) is 11.3 Å². The topological polar surface area (TPSA) is 34.1 Å². The fourth-order valence-corrected chi connectivity index (χ4v) is 1.16. The normalized spacial score (nSPS) is 10.4. The minimum Gasteiger partial charge on any atom is -0.382 e. The summed E-state index contributed by atoms with van der Waals surface area (Å²) in [5, 5.41) is 3.32. The van der Waals surface area contributed by atoms with Crippen molar-refractivity contribution < 1.29 is 4.74 Å². The number of pyridine rings is 1. The van der Waals surface area contributed by atoms with E-state index in [1.807, 2.05) is 31.3 Å². The van der Waals surface area contributed by atoms with E-state index in [4.69, 9.17) is 4.74 Å². The first-order chi connectivity index (χ1) is 6.93. The standard InChI is InChI=1S/C11H18N2O/c1-2-14-9-5-7-12-10-11-6-3-4-8-13-11/h3-4,6,8,12H,2,5,7,9-10H2,1H3. The van der Waals surface area contributed by atoms with Crippen molar-refractivity contribution >= 4 is 0 Å². The van der Waals surface area contributed by atoms with Crippen LogP contribution >= 0.6 is 0 Å². The van der Waals surface area contributed by atoms with Crippen molar-refractivity contribution in [2.24, 2.45) is 0 Å². The van der Waals surface area contributed by atoms with Crippen LogP contribution in [0.5, 0.6) is 0 Å². The van der Waals surface area contributed by atoms with Crippen molar-refractivity contribution in [1.82, 2.24) is 10.3 Å². The Hall–Kier alpha value is -0.930. The van der Waals surface area contributed by atoms with Crippen LogP contribution in [0.1, 0.15) is 19.0 Å². The highest BCUT2D eigenvalue weighted by atomic mass is 16.5. The first-order valence-corrected chi connectivity index (χ1v) is 5.12. The Morgan fingerprint density at radius 1 is 1.43 bits per heavy atom. The molecule has 0 aromatic carbocycles. The molecule has 3 heteroatoms. The van der Waals surface area contributed by atoms with E-state index in [9.17, 15) is 0 Å². The third-order valence-corrected chi connectivity index (χ3v) is 1.88. The van der Waals surface area contributed by atoms with E-state index in [0.29, 0.717) is 0 Å². The Labute approximate surface area is 85.5 Å². The average molecular weight is 194 g/mol. The number of nitrogens with zero attached hydrogens (tertiary/aromatic N) is 1. The molecule has 1 aromatic heterocycles. The highest BCUT2D eigenvalue weighted by molar-refractivity contribution is 5.02. The van der Waals surface area contributed by atoms with Gasteiger partial charge in [0.15, 0.2) is 0 Å². The number of rotatable bonds is 7. The van der Waals surface area contributed by atoms with Crippen LogP contribution in [0, 0.1) is 0 Å². The lowest BCUT2D eigenvalue weighted by Gasteiger charge is -2.03. The molecule has 3 nitrogen and oxygen atoms in total. The molecule has 0 unspecified atom stereocenters. The van der Waals surface area contributed by atoms with E-state index in [2.05, 4.69) is 10.3 Å². The van der Waals surface area contributed by atoms with Crippen LogP contribution in [-0.4, -0.2) is 24.7 Å². The molecule has 78 valence electrons. The van der Waals surface area contributed by atoms with Crippen molar-refractivity contribution in [2.45, 2.75) is 19.9 Å². The van der Waals surface area contributed by atoms with Crippen LogP contribution < -0.4 is 5.32 Å². The summed E-state index contributed by atoms with van der Waals surface area (Å²) in [7, 11) is 0. The maximum Gasteiger partial charge on any atom is 0.0541 e. The summed E-state index contributed by atoms with van der Waals surface area (Å²) >= 11 is 0. The van der Waals surface area contributed by atoms with E-state index < -0.39 is 0 Å². The highest BCUT2D eigenvalue weighted by Gasteiger charge is 1.91. The summed E-state index contributed by atoms with van der Waals surface area (Å²) in [5.41, 5.74) is 1.09. The van der Waals surface area contributed by atoms with Crippen LogP contribution in [0.2, 0.25) is 0 Å². The average Bonchev–Trinajstić information content (AvgIpc) is 2.25. The van der Waals surface area contributed by atoms with E-state index in [1.165, 1.54) is 0 Å². The van der Waals surface area contributed by atoms with E-state index in [-0.39, 0.29) is 0 Å². The van der Waals surface area contributed by atoms with Gasteiger partial charge in [0.1, 0.15) is 0 Å². The Bertz CT molecular complexity index is 226. The monoisotopic (exact) mass is 194 g/mol. The van der Waals surface area contributed by atoms with Gasteiger partial charge in [-0.2, -0.15) is 0 Å². The van der Waals surface area contributed by atoms with Gasteiger partial charge in [-0.15, -0.1) is 0 Å². The van der Waals surface area contributed by atoms with E-state index >= 15 is 0 Å². The molecule has 0 saturated heterocycles. The third-order valence-electron chi connectivity index (χ3n) is 1.88. The fourth-order valence-electron chi connectivity index (χ4n) is 1.16. The Balaban J connectivity index is 1.99. The van der Waals surface area contributed by atoms with Crippen molar-refractivity contribution in [1.29, 1.82) is 0 Å². The van der Waals surface area contributed by atoms with Crippen molar-refractivity contribution in [3.8, 4) is 0 Å². The van der Waals surface area contributed by atoms with Gasteiger partial charge in [0, 0.05) is 26.0 Å². The molecule has 1 rings (SSSR count). The van der Waals surface area contributed by atoms with Gasteiger partial charge in [-0.05, 0) is 32.0 Å². The van der Waals surface area contributed by atoms with Crippen LogP contribution in [0.25, 0.3) is 0 Å². The molecule has 0 aliphatic rings. The van der Waals surface area contributed by atoms with Gasteiger partial charge in [0.05, 0.1) is 5.69 Å². The van der Waals surface area contributed by atoms with Gasteiger partial charge in [0.2, 0.25) is 0 Å². The third kappa shape index (κ3) is 4.94. The molecule has 0 spiro atoms. The molecule has 0 aliphatic carbocycles. The summed E-state index contributed by atoms with van der Waals surface area (Å²) in [4.78, 5) is 4.22. The van der Waals surface area contributed by atoms with E-state index in [0.717, 1.165) is 38.4 Å². The fraction of sp³-hybridized carbons (Fsp3) is 0.545. The zero-order valence-corrected chi connectivity index (χ0v) is 8.70. The zero-order chi connectivity index (χ0) is 10.1. The van der Waals surface area contributed by atoms with Gasteiger partial charge >= 0.3 is 0 Å². The summed E-state index contributed by atoms with van der Waals surface area (Å²) in [6, 6.07) is 5.96. The lowest BCUT2D eigenvalue weighted by Crippen LogP contribution is -2.16. The van der Waals surface area contributed by atoms with Crippen molar-refractivity contribution in [3.05, 3.63) is 30.1 Å². The van der Waals surface area contributed by atoms with Gasteiger partial charge in [-0.25, -0.2) is 0 Å². The van der Waals surface area contributed by atoms with Gasteiger partial charge in [0.25, 0.3) is 0 Å². The SMILES string of the molecule is CCOCCCNCc1ccccn1. The van der Waals surface area contributed by atoms with Gasteiger partial charge in [-0.1, -0.05) is 6.07 Å². The maximum atomic E-state index is 5.23. The van der Waals surface area contributed by atoms with Crippen LogP contribution in [0.4, 0.5) is 0 Å². The lowest BCUT2D eigenvalue weighted by molar-refractivity contribution is 0.144. The minimum absolute atomic E-state index is 0.806. The highest BCUT2D eigenvalue weighted by Crippen LogP contribution is 1.91. The zero-order valence-electron chi connectivity index (χ0n) is 8.70. The molecular formula is C11H18N2O. The van der Waals surface area contributed by atoms with Crippen LogP contribution in [0.15, 0.2) is 24.4 Å². The smallest absolute Gasteiger partial charge is 0.0541 e. The Morgan fingerprint density at radius 2 is 2.36 bits per heavy atom. The molecule has 0 radical (unpaired) electrons. The summed E-state index contributed by atoms with van der Waals surface area (Å²) in [6.07, 6.45) is 2.87. The number of ether oxygens (including phenoxy) is 1. The first-order valence-electron chi connectivity index (χ1n) is 5.12. The minimum atomic E-state index is 0.806. The summed E-state index contributed by atoms with van der Waals surface area (Å²) in [6.45, 7) is 5.48. The van der Waals surface area contributed by atoms with E-state index in [1.54, 1.807) is 0 Å². The summed E-state index contributed by atoms with van der Waals surface area (Å²) < 4.78 is 5.23. The second-order valence-corrected chi connectivity index (χ2v) is 3.05. The molecule has 14 heavy (non-hydrogen) atoms. The molecule has 0 aliphatic heterocycles. The van der Waals surface area contributed by atoms with Crippen molar-refractivity contribution in [2.75, 3.05) is 19.8 Å². The number of hydrogen-bond acceptors (Lipinski definition) is 3. The maximum absolute atomic E-state index is 5.23. The molecule has 1 aromatic rings. The largest absolute Gasteiger partial charge is 0.382 e. The van der Waals surface area contributed by atoms with Crippen LogP contribution in [0.3, 0.4) is 0 Å². The first kappa shape index (κ1) is 11.1. The summed E-state index contributed by atoms with van der Waals surface area (Å²) in [5.74, 6) is 0. The molecule has 0 atom stereocenters. The lowest BCUT2D eigenvalue weighted by atomic mass is 10.3. The Morgan fingerprint density at radius 3 is 3.07 bits per heavy atom. The number of hydrogen-bond donors (Lipinski definition) is 1. The second-order valence-electron chi connectivity index (χ2n) is 3.05. The molecule has 0 fully saturated rings. The number of aromatic nitrogens is 1. The predicted octanol–water partition coefficient (Wildman–Crippen LogP) is 1.60. The van der Waals surface area contributed by atoms with Gasteiger partial charge in [-0.3, -0.25) is 4.98 Å². The molecule has 0 saturated carbocycles. The molecule has 0 bridgehead atoms. The molecule has 1 heterocycles. The Kier molecular flexibility index (Phi) is 5.95. The molecule has 0 amide bonds. The predicted molar refractivity (Wildman–Crippen MR) is 57.1 cm³/mol. The van der Waals surface area contributed by atoms with Crippen molar-refractivity contribution in [3.63, 3.8) is 0 Å². The number of nitrogens with one attached hydrogen (secondary N) is 1.